The molecule has 1 aliphatic carbocycles. The van der Waals surface area contributed by atoms with Crippen LogP contribution in [0.15, 0.2) is 24.3 Å². The van der Waals surface area contributed by atoms with E-state index in [1.54, 1.807) is 12.1 Å². The molecule has 1 aromatic carbocycles. The highest BCUT2D eigenvalue weighted by atomic mass is 19.1. The summed E-state index contributed by atoms with van der Waals surface area (Å²) >= 11 is 0. The Balaban J connectivity index is 2.38. The van der Waals surface area contributed by atoms with Gasteiger partial charge in [-0.1, -0.05) is 31.0 Å². The van der Waals surface area contributed by atoms with Crippen molar-refractivity contribution in [2.45, 2.75) is 31.1 Å². The first-order chi connectivity index (χ1) is 7.93. The third-order valence-corrected chi connectivity index (χ3v) is 3.78. The van der Waals surface area contributed by atoms with Crippen molar-refractivity contribution in [1.82, 2.24) is 0 Å². The Hall–Kier alpha value is -0.890. The lowest BCUT2D eigenvalue weighted by molar-refractivity contribution is -0.874. The fourth-order valence-corrected chi connectivity index (χ4v) is 3.36. The van der Waals surface area contributed by atoms with Gasteiger partial charge in [-0.3, -0.25) is 0 Å². The van der Waals surface area contributed by atoms with Crippen molar-refractivity contribution in [2.24, 2.45) is 0 Å². The van der Waals surface area contributed by atoms with E-state index in [2.05, 4.69) is 21.1 Å². The first-order valence-electron chi connectivity index (χ1n) is 6.48. The fraction of sp³-hybridized carbons (Fsp3) is 0.600. The number of quaternary nitrogens is 1. The second-order valence-corrected chi connectivity index (χ2v) is 6.42. The van der Waals surface area contributed by atoms with Crippen LogP contribution in [0.4, 0.5) is 4.39 Å². The molecule has 1 nitrogen and oxygen atoms in total. The molecule has 0 aliphatic heterocycles. The van der Waals surface area contributed by atoms with E-state index in [0.29, 0.717) is 0 Å². The normalized spacial score (nSPS) is 19.5. The Labute approximate surface area is 104 Å². The summed E-state index contributed by atoms with van der Waals surface area (Å²) in [6, 6.07) is 7.34. The molecule has 0 amide bonds. The number of hydrogen-bond acceptors (Lipinski definition) is 0. The van der Waals surface area contributed by atoms with E-state index in [0.717, 1.165) is 29.4 Å². The van der Waals surface area contributed by atoms with Crippen LogP contribution in [0, 0.1) is 5.82 Å². The number of rotatable bonds is 3. The molecule has 1 aromatic rings. The number of likely N-dealkylation sites (N-methyl/N-ethyl adjacent to an activating group) is 1. The third kappa shape index (κ3) is 2.68. The predicted octanol–water partition coefficient (Wildman–Crippen LogP) is 3.34. The maximum absolute atomic E-state index is 14.1. The van der Waals surface area contributed by atoms with Gasteiger partial charge in [0.05, 0.1) is 27.7 Å². The van der Waals surface area contributed by atoms with Crippen LogP contribution in [0.3, 0.4) is 0 Å². The standard InChI is InChI=1S/C15H23FN/c1-17(2,3)12-15(10-6-7-11-15)13-8-4-5-9-14(13)16/h4-5,8-9H,6-7,10-12H2,1-3H3/q+1. The van der Waals surface area contributed by atoms with Crippen LogP contribution in [0.5, 0.6) is 0 Å². The first-order valence-corrected chi connectivity index (χ1v) is 6.48. The summed E-state index contributed by atoms with van der Waals surface area (Å²) in [6.07, 6.45) is 4.72. The Bertz CT molecular complexity index is 386. The van der Waals surface area contributed by atoms with Gasteiger partial charge in [-0.05, 0) is 24.5 Å². The Morgan fingerprint density at radius 2 is 1.71 bits per heavy atom. The Kier molecular flexibility index (Phi) is 3.26. The summed E-state index contributed by atoms with van der Waals surface area (Å²) in [5.41, 5.74) is 0.995. The van der Waals surface area contributed by atoms with Crippen molar-refractivity contribution >= 4 is 0 Å². The molecule has 1 saturated carbocycles. The lowest BCUT2D eigenvalue weighted by Crippen LogP contribution is -2.46. The van der Waals surface area contributed by atoms with Gasteiger partial charge >= 0.3 is 0 Å². The van der Waals surface area contributed by atoms with Crippen molar-refractivity contribution in [1.29, 1.82) is 0 Å². The smallest absolute Gasteiger partial charge is 0.127 e. The molecule has 0 bridgehead atoms. The molecule has 0 radical (unpaired) electrons. The molecule has 94 valence electrons. The van der Waals surface area contributed by atoms with Crippen LogP contribution >= 0.6 is 0 Å². The van der Waals surface area contributed by atoms with Crippen molar-refractivity contribution < 1.29 is 8.87 Å². The van der Waals surface area contributed by atoms with E-state index in [1.807, 2.05) is 12.1 Å². The van der Waals surface area contributed by atoms with Crippen LogP contribution in [0.2, 0.25) is 0 Å². The van der Waals surface area contributed by atoms with Gasteiger partial charge < -0.3 is 4.48 Å². The monoisotopic (exact) mass is 236 g/mol. The van der Waals surface area contributed by atoms with Crippen molar-refractivity contribution in [3.8, 4) is 0 Å². The minimum absolute atomic E-state index is 0.0251. The number of benzene rings is 1. The minimum Gasteiger partial charge on any atom is -0.330 e. The molecule has 17 heavy (non-hydrogen) atoms. The molecule has 2 rings (SSSR count). The molecule has 0 saturated heterocycles. The molecule has 0 N–H and O–H groups in total. The van der Waals surface area contributed by atoms with Crippen LogP contribution in [-0.2, 0) is 5.41 Å². The summed E-state index contributed by atoms with van der Waals surface area (Å²) in [5.74, 6) is -0.0251. The highest BCUT2D eigenvalue weighted by Gasteiger charge is 2.41. The zero-order chi connectivity index (χ0) is 12.5. The van der Waals surface area contributed by atoms with Crippen LogP contribution in [0.1, 0.15) is 31.2 Å². The van der Waals surface area contributed by atoms with E-state index >= 15 is 0 Å². The summed E-state index contributed by atoms with van der Waals surface area (Å²) in [5, 5.41) is 0. The van der Waals surface area contributed by atoms with Crippen molar-refractivity contribution in [2.75, 3.05) is 27.7 Å². The Morgan fingerprint density at radius 3 is 2.24 bits per heavy atom. The van der Waals surface area contributed by atoms with E-state index < -0.39 is 0 Å². The van der Waals surface area contributed by atoms with Gasteiger partial charge in [-0.25, -0.2) is 4.39 Å². The molecule has 0 aromatic heterocycles. The van der Waals surface area contributed by atoms with Crippen LogP contribution < -0.4 is 0 Å². The average Bonchev–Trinajstić information content (AvgIpc) is 2.65. The van der Waals surface area contributed by atoms with Gasteiger partial charge in [-0.2, -0.15) is 0 Å². The fourth-order valence-electron chi connectivity index (χ4n) is 3.36. The van der Waals surface area contributed by atoms with Crippen molar-refractivity contribution in [3.63, 3.8) is 0 Å². The highest BCUT2D eigenvalue weighted by molar-refractivity contribution is 5.28. The zero-order valence-electron chi connectivity index (χ0n) is 11.2. The topological polar surface area (TPSA) is 0 Å². The molecule has 1 fully saturated rings. The lowest BCUT2D eigenvalue weighted by atomic mass is 9.77. The molecule has 1 aliphatic rings. The number of hydrogen-bond donors (Lipinski definition) is 0. The SMILES string of the molecule is C[N+](C)(C)CC1(c2ccccc2F)CCCC1. The van der Waals surface area contributed by atoms with Gasteiger partial charge in [0.25, 0.3) is 0 Å². The molecule has 2 heteroatoms. The van der Waals surface area contributed by atoms with Gasteiger partial charge in [0.15, 0.2) is 0 Å². The van der Waals surface area contributed by atoms with Gasteiger partial charge in [0.2, 0.25) is 0 Å². The van der Waals surface area contributed by atoms with Gasteiger partial charge in [-0.15, -0.1) is 0 Å². The van der Waals surface area contributed by atoms with E-state index in [-0.39, 0.29) is 11.2 Å². The molecular weight excluding hydrogens is 213 g/mol. The number of halogens is 1. The second kappa shape index (κ2) is 4.41. The second-order valence-electron chi connectivity index (χ2n) is 6.42. The summed E-state index contributed by atoms with van der Waals surface area (Å²) < 4.78 is 15.0. The third-order valence-electron chi connectivity index (χ3n) is 3.78. The average molecular weight is 236 g/mol. The summed E-state index contributed by atoms with van der Waals surface area (Å²) in [4.78, 5) is 0. The number of nitrogens with zero attached hydrogens (tertiary/aromatic N) is 1. The van der Waals surface area contributed by atoms with Crippen molar-refractivity contribution in [3.05, 3.63) is 35.6 Å². The molecule has 0 unspecified atom stereocenters. The molecule has 0 heterocycles. The Morgan fingerprint density at radius 1 is 1.12 bits per heavy atom. The zero-order valence-corrected chi connectivity index (χ0v) is 11.2. The predicted molar refractivity (Wildman–Crippen MR) is 69.4 cm³/mol. The summed E-state index contributed by atoms with van der Waals surface area (Å²) in [6.45, 7) is 1.02. The van der Waals surface area contributed by atoms with E-state index in [4.69, 9.17) is 0 Å². The first kappa shape index (κ1) is 12.6. The maximum Gasteiger partial charge on any atom is 0.127 e. The van der Waals surface area contributed by atoms with Crippen LogP contribution in [-0.4, -0.2) is 32.2 Å². The van der Waals surface area contributed by atoms with E-state index in [9.17, 15) is 4.39 Å². The van der Waals surface area contributed by atoms with Gasteiger partial charge in [0, 0.05) is 5.41 Å². The lowest BCUT2D eigenvalue weighted by Gasteiger charge is -2.37. The van der Waals surface area contributed by atoms with Gasteiger partial charge in [0.1, 0.15) is 5.82 Å². The van der Waals surface area contributed by atoms with Crippen LogP contribution in [0.25, 0.3) is 0 Å². The molecule has 0 spiro atoms. The molecular formula is C15H23FN+. The highest BCUT2D eigenvalue weighted by Crippen LogP contribution is 2.43. The minimum atomic E-state index is -0.0251. The summed E-state index contributed by atoms with van der Waals surface area (Å²) in [7, 11) is 6.59. The maximum atomic E-state index is 14.1. The quantitative estimate of drug-likeness (QED) is 0.706. The molecule has 0 atom stereocenters. The largest absolute Gasteiger partial charge is 0.330 e. The van der Waals surface area contributed by atoms with E-state index in [1.165, 1.54) is 12.8 Å².